The first-order valence-electron chi connectivity index (χ1n) is 8.51. The Labute approximate surface area is 136 Å². The van der Waals surface area contributed by atoms with Crippen molar-refractivity contribution in [2.24, 2.45) is 5.92 Å². The standard InChI is InChI=1S/C17H24N4O2/c1-10-8-13-15(14(22)9-10)11(2)18-16(20-13)21-17(23)19-12-6-4-3-5-7-12/h10,12H,3-9H2,1-2H3,(H2,18,19,20,21,23)/t10-/m0/s1. The first kappa shape index (κ1) is 15.9. The van der Waals surface area contributed by atoms with Crippen molar-refractivity contribution in [1.29, 1.82) is 0 Å². The molecule has 0 unspecified atom stereocenters. The zero-order chi connectivity index (χ0) is 16.4. The van der Waals surface area contributed by atoms with Gasteiger partial charge in [0.2, 0.25) is 5.95 Å². The summed E-state index contributed by atoms with van der Waals surface area (Å²) in [5, 5.41) is 5.71. The van der Waals surface area contributed by atoms with Crippen LogP contribution in [0.15, 0.2) is 0 Å². The van der Waals surface area contributed by atoms with Gasteiger partial charge in [0.1, 0.15) is 0 Å². The van der Waals surface area contributed by atoms with Crippen molar-refractivity contribution in [2.45, 2.75) is 64.8 Å². The molecule has 3 rings (SSSR count). The van der Waals surface area contributed by atoms with E-state index in [9.17, 15) is 9.59 Å². The molecule has 0 radical (unpaired) electrons. The van der Waals surface area contributed by atoms with Crippen LogP contribution in [-0.2, 0) is 6.42 Å². The number of fused-ring (bicyclic) bond motifs is 1. The van der Waals surface area contributed by atoms with Crippen molar-refractivity contribution in [3.8, 4) is 0 Å². The van der Waals surface area contributed by atoms with E-state index in [0.717, 1.165) is 25.0 Å². The maximum absolute atomic E-state index is 12.1. The van der Waals surface area contributed by atoms with E-state index in [-0.39, 0.29) is 29.7 Å². The molecule has 1 saturated carbocycles. The number of aromatic nitrogens is 2. The lowest BCUT2D eigenvalue weighted by Gasteiger charge is -2.23. The largest absolute Gasteiger partial charge is 0.335 e. The summed E-state index contributed by atoms with van der Waals surface area (Å²) in [5.74, 6) is 0.680. The van der Waals surface area contributed by atoms with E-state index in [0.29, 0.717) is 17.7 Å². The number of urea groups is 1. The Bertz CT molecular complexity index is 623. The van der Waals surface area contributed by atoms with Crippen LogP contribution in [0, 0.1) is 12.8 Å². The van der Waals surface area contributed by atoms with Gasteiger partial charge in [-0.25, -0.2) is 14.8 Å². The molecule has 2 aliphatic rings. The Morgan fingerprint density at radius 2 is 1.87 bits per heavy atom. The lowest BCUT2D eigenvalue weighted by molar-refractivity contribution is 0.0951. The van der Waals surface area contributed by atoms with E-state index < -0.39 is 0 Å². The summed E-state index contributed by atoms with van der Waals surface area (Å²) >= 11 is 0. The lowest BCUT2D eigenvalue weighted by Crippen LogP contribution is -2.39. The molecule has 2 aliphatic carbocycles. The number of rotatable bonds is 2. The van der Waals surface area contributed by atoms with Crippen molar-refractivity contribution in [3.05, 3.63) is 17.0 Å². The minimum Gasteiger partial charge on any atom is -0.335 e. The quantitative estimate of drug-likeness (QED) is 0.878. The van der Waals surface area contributed by atoms with Crippen LogP contribution in [0.5, 0.6) is 0 Å². The summed E-state index contributed by atoms with van der Waals surface area (Å²) in [6, 6.07) is -0.0180. The van der Waals surface area contributed by atoms with Gasteiger partial charge in [-0.2, -0.15) is 0 Å². The predicted octanol–water partition coefficient (Wildman–Crippen LogP) is 3.00. The van der Waals surface area contributed by atoms with Gasteiger partial charge < -0.3 is 5.32 Å². The smallest absolute Gasteiger partial charge is 0.321 e. The summed E-state index contributed by atoms with van der Waals surface area (Å²) in [6.45, 7) is 3.85. The normalized spacial score (nSPS) is 21.7. The van der Waals surface area contributed by atoms with Gasteiger partial charge in [-0.1, -0.05) is 26.2 Å². The van der Waals surface area contributed by atoms with Crippen LogP contribution in [0.4, 0.5) is 10.7 Å². The molecule has 0 bridgehead atoms. The van der Waals surface area contributed by atoms with Gasteiger partial charge in [-0.15, -0.1) is 0 Å². The topological polar surface area (TPSA) is 84.0 Å². The molecule has 124 valence electrons. The van der Waals surface area contributed by atoms with Crippen LogP contribution in [0.3, 0.4) is 0 Å². The lowest BCUT2D eigenvalue weighted by atomic mass is 9.86. The highest BCUT2D eigenvalue weighted by molar-refractivity contribution is 5.99. The average molecular weight is 316 g/mol. The number of Topliss-reactive ketones (excluding diaryl/α,β-unsaturated/α-hetero) is 1. The number of anilines is 1. The number of aryl methyl sites for hydroxylation is 1. The Morgan fingerprint density at radius 3 is 2.61 bits per heavy atom. The summed E-state index contributed by atoms with van der Waals surface area (Å²) in [5.41, 5.74) is 2.05. The third kappa shape index (κ3) is 3.68. The highest BCUT2D eigenvalue weighted by atomic mass is 16.2. The Kier molecular flexibility index (Phi) is 4.59. The van der Waals surface area contributed by atoms with Gasteiger partial charge in [0.25, 0.3) is 0 Å². The van der Waals surface area contributed by atoms with Crippen molar-refractivity contribution in [1.82, 2.24) is 15.3 Å². The molecule has 6 nitrogen and oxygen atoms in total. The van der Waals surface area contributed by atoms with Crippen molar-refractivity contribution in [2.75, 3.05) is 5.32 Å². The van der Waals surface area contributed by atoms with E-state index in [1.807, 2.05) is 6.92 Å². The highest BCUT2D eigenvalue weighted by Crippen LogP contribution is 2.26. The zero-order valence-electron chi connectivity index (χ0n) is 13.8. The predicted molar refractivity (Wildman–Crippen MR) is 87.6 cm³/mol. The van der Waals surface area contributed by atoms with Crippen molar-refractivity contribution in [3.63, 3.8) is 0 Å². The summed E-state index contributed by atoms with van der Waals surface area (Å²) in [6.07, 6.45) is 6.94. The molecule has 1 aromatic rings. The van der Waals surface area contributed by atoms with Crippen LogP contribution in [-0.4, -0.2) is 27.8 Å². The molecular formula is C17H24N4O2. The second-order valence-corrected chi connectivity index (χ2v) is 6.82. The van der Waals surface area contributed by atoms with Crippen molar-refractivity contribution >= 4 is 17.8 Å². The maximum atomic E-state index is 12.1. The molecule has 6 heteroatoms. The van der Waals surface area contributed by atoms with Crippen LogP contribution in [0.1, 0.15) is 67.2 Å². The monoisotopic (exact) mass is 316 g/mol. The fourth-order valence-electron chi connectivity index (χ4n) is 3.59. The van der Waals surface area contributed by atoms with Gasteiger partial charge in [-0.3, -0.25) is 10.1 Å². The molecule has 2 N–H and O–H groups in total. The molecule has 23 heavy (non-hydrogen) atoms. The Morgan fingerprint density at radius 1 is 1.13 bits per heavy atom. The Balaban J connectivity index is 1.71. The van der Waals surface area contributed by atoms with Gasteiger partial charge >= 0.3 is 6.03 Å². The number of carbonyl (C=O) groups is 2. The second-order valence-electron chi connectivity index (χ2n) is 6.82. The number of nitrogens with zero attached hydrogens (tertiary/aromatic N) is 2. The highest BCUT2D eigenvalue weighted by Gasteiger charge is 2.27. The molecule has 1 fully saturated rings. The fourth-order valence-corrected chi connectivity index (χ4v) is 3.59. The minimum atomic E-state index is -0.258. The SMILES string of the molecule is Cc1nc(NC(=O)NC2CCCCC2)nc2c1C(=O)C[C@@H](C)C2. The maximum Gasteiger partial charge on any atom is 0.321 e. The zero-order valence-corrected chi connectivity index (χ0v) is 13.8. The molecule has 1 heterocycles. The first-order chi connectivity index (χ1) is 11.0. The number of carbonyl (C=O) groups excluding carboxylic acids is 2. The number of nitrogens with one attached hydrogen (secondary N) is 2. The van der Waals surface area contributed by atoms with Crippen LogP contribution >= 0.6 is 0 Å². The van der Waals surface area contributed by atoms with Gasteiger partial charge in [-0.05, 0) is 32.1 Å². The van der Waals surface area contributed by atoms with E-state index >= 15 is 0 Å². The molecule has 2 amide bonds. The molecule has 0 aliphatic heterocycles. The van der Waals surface area contributed by atoms with Gasteiger partial charge in [0, 0.05) is 12.5 Å². The van der Waals surface area contributed by atoms with Crippen molar-refractivity contribution < 1.29 is 9.59 Å². The number of hydrogen-bond acceptors (Lipinski definition) is 4. The summed E-state index contributed by atoms with van der Waals surface area (Å²) in [4.78, 5) is 32.9. The number of hydrogen-bond donors (Lipinski definition) is 2. The second kappa shape index (κ2) is 6.64. The van der Waals surface area contributed by atoms with Crippen LogP contribution in [0.2, 0.25) is 0 Å². The summed E-state index contributed by atoms with van der Waals surface area (Å²) < 4.78 is 0. The molecule has 0 saturated heterocycles. The third-order valence-electron chi connectivity index (χ3n) is 4.69. The molecule has 1 aromatic heterocycles. The van der Waals surface area contributed by atoms with Gasteiger partial charge in [0.05, 0.1) is 17.0 Å². The van der Waals surface area contributed by atoms with E-state index in [2.05, 4.69) is 20.6 Å². The molecule has 1 atom stereocenters. The van der Waals surface area contributed by atoms with Crippen LogP contribution in [0.25, 0.3) is 0 Å². The fraction of sp³-hybridized carbons (Fsp3) is 0.647. The van der Waals surface area contributed by atoms with Gasteiger partial charge in [0.15, 0.2) is 5.78 Å². The van der Waals surface area contributed by atoms with Crippen LogP contribution < -0.4 is 10.6 Å². The molecule has 0 aromatic carbocycles. The summed E-state index contributed by atoms with van der Waals surface area (Å²) in [7, 11) is 0. The van der Waals surface area contributed by atoms with E-state index in [4.69, 9.17) is 0 Å². The Hall–Kier alpha value is -1.98. The van der Waals surface area contributed by atoms with E-state index in [1.165, 1.54) is 19.3 Å². The van der Waals surface area contributed by atoms with E-state index in [1.54, 1.807) is 6.92 Å². The molecule has 0 spiro atoms. The number of amides is 2. The third-order valence-corrected chi connectivity index (χ3v) is 4.69. The number of ketones is 1. The minimum absolute atomic E-state index is 0.106. The average Bonchev–Trinajstić information content (AvgIpc) is 2.46. The molecular weight excluding hydrogens is 292 g/mol. The first-order valence-corrected chi connectivity index (χ1v) is 8.51.